The first-order chi connectivity index (χ1) is 38.8. The van der Waals surface area contributed by atoms with Crippen LogP contribution < -0.4 is 0 Å². The lowest BCUT2D eigenvalue weighted by molar-refractivity contribution is -0.347. The molecule has 0 aromatic rings. The average Bonchev–Trinajstić information content (AvgIpc) is 4.41. The first-order valence-electron chi connectivity index (χ1n) is 31.3. The van der Waals surface area contributed by atoms with Gasteiger partial charge in [-0.1, -0.05) is 40.9 Å². The number of rotatable bonds is 4. The van der Waals surface area contributed by atoms with Gasteiger partial charge in [0.2, 0.25) is 0 Å². The first kappa shape index (κ1) is 55.8. The van der Waals surface area contributed by atoms with Crippen LogP contribution in [0.5, 0.6) is 0 Å². The van der Waals surface area contributed by atoms with Gasteiger partial charge < -0.3 is 91.5 Å². The van der Waals surface area contributed by atoms with E-state index in [1.807, 2.05) is 6.92 Å². The van der Waals surface area contributed by atoms with E-state index in [4.69, 9.17) is 71.1 Å². The molecule has 16 saturated heterocycles. The molecule has 1 unspecified atom stereocenters. The highest BCUT2D eigenvalue weighted by atomic mass is 16.8. The molecule has 0 aromatic carbocycles. The van der Waals surface area contributed by atoms with E-state index < -0.39 is 109 Å². The van der Waals surface area contributed by atoms with Crippen LogP contribution in [0.25, 0.3) is 0 Å². The normalized spacial score (nSPS) is 57.9. The molecule has 0 saturated carbocycles. The molecule has 16 aliphatic heterocycles. The summed E-state index contributed by atoms with van der Waals surface area (Å²) in [5.74, 6) is -3.44. The minimum Gasteiger partial charge on any atom is -0.459 e. The van der Waals surface area contributed by atoms with Crippen molar-refractivity contribution in [1.29, 1.82) is 0 Å². The summed E-state index contributed by atoms with van der Waals surface area (Å²) in [5, 5.41) is 42.5. The minimum atomic E-state index is -1.35. The van der Waals surface area contributed by atoms with Crippen molar-refractivity contribution in [2.24, 2.45) is 23.7 Å². The number of carbonyl (C=O) groups excluding carboxylic acids is 1. The third kappa shape index (κ3) is 9.29. The molecule has 0 radical (unpaired) electrons. The van der Waals surface area contributed by atoms with Crippen LogP contribution >= 0.6 is 0 Å². The SMILES string of the molecule is C=C1C[C@@H]2CC[C@]34OC5[C@@H]6O[C@H]7CC[C@H](CC(=O)O[C@@H]8[C@@H](C)[C@@H]9O[C@@H]%10C[C@]%11(C[C@@H]%12O[C@]%13(C[C@H](C)[C@@H]%14O[C@H]([C@@H](O)C[C@@H](O)CO)C[C@@H]%14O%13)C[C@H](C)[C@@H]%12O%11)O[C@@H]%10C[C@@H]9O[C@H]8C[C@H]8O[C@@H](CC[C@@H]1O2)C[C@@H](C)C8=C)O[C@@H]7[C@H](O3)[C@@H]6O[C@]5(C)[C@H]4O. The molecule has 81 heavy (non-hydrogen) atoms. The summed E-state index contributed by atoms with van der Waals surface area (Å²) in [6, 6.07) is 0. The molecule has 3 spiro atoms. The fourth-order valence-corrected chi connectivity index (χ4v) is 18.6. The third-order valence-corrected chi connectivity index (χ3v) is 22.5. The van der Waals surface area contributed by atoms with Crippen molar-refractivity contribution in [2.75, 3.05) is 6.61 Å². The Kier molecular flexibility index (Phi) is 14.1. The summed E-state index contributed by atoms with van der Waals surface area (Å²) in [7, 11) is 0. The van der Waals surface area contributed by atoms with Crippen LogP contribution in [-0.4, -0.2) is 209 Å². The Morgan fingerprint density at radius 2 is 1.27 bits per heavy atom. The number of hydrogen-bond acceptors (Lipinski definition) is 20. The van der Waals surface area contributed by atoms with Crippen molar-refractivity contribution in [3.8, 4) is 0 Å². The van der Waals surface area contributed by atoms with Gasteiger partial charge in [-0.25, -0.2) is 0 Å². The van der Waals surface area contributed by atoms with Crippen LogP contribution in [0.15, 0.2) is 24.3 Å². The summed E-state index contributed by atoms with van der Waals surface area (Å²) in [5.41, 5.74) is 1.03. The van der Waals surface area contributed by atoms with Crippen molar-refractivity contribution in [1.82, 2.24) is 0 Å². The van der Waals surface area contributed by atoms with E-state index in [1.54, 1.807) is 0 Å². The van der Waals surface area contributed by atoms with E-state index in [0.717, 1.165) is 30.4 Å². The molecule has 20 nitrogen and oxygen atoms in total. The maximum atomic E-state index is 14.6. The first-order valence-corrected chi connectivity index (χ1v) is 31.3. The number of aliphatic hydroxyl groups is 4. The number of carbonyl (C=O) groups is 1. The van der Waals surface area contributed by atoms with Gasteiger partial charge in [-0.05, 0) is 80.8 Å². The molecule has 16 aliphatic rings. The molecule has 4 N–H and O–H groups in total. The van der Waals surface area contributed by atoms with E-state index >= 15 is 0 Å². The van der Waals surface area contributed by atoms with Crippen molar-refractivity contribution in [3.63, 3.8) is 0 Å². The maximum Gasteiger partial charge on any atom is 0.308 e. The predicted octanol–water partition coefficient (Wildman–Crippen LogP) is 4.29. The molecule has 20 heteroatoms. The second kappa shape index (κ2) is 20.4. The summed E-state index contributed by atoms with van der Waals surface area (Å²) in [6.07, 6.45) is -2.16. The van der Waals surface area contributed by atoms with Crippen LogP contribution in [0, 0.1) is 23.7 Å². The Hall–Kier alpha value is -1.77. The Bertz CT molecular complexity index is 2430. The number of ether oxygens (including phenoxy) is 15. The second-order valence-corrected chi connectivity index (χ2v) is 28.2. The highest BCUT2D eigenvalue weighted by Gasteiger charge is 2.77. The van der Waals surface area contributed by atoms with E-state index in [0.29, 0.717) is 77.0 Å². The molecule has 12 bridgehead atoms. The van der Waals surface area contributed by atoms with Gasteiger partial charge in [0, 0.05) is 63.7 Å². The summed E-state index contributed by atoms with van der Waals surface area (Å²) in [4.78, 5) is 14.6. The second-order valence-electron chi connectivity index (χ2n) is 28.2. The van der Waals surface area contributed by atoms with E-state index in [2.05, 4.69) is 40.9 Å². The number of esters is 1. The van der Waals surface area contributed by atoms with Crippen LogP contribution in [-0.2, 0) is 75.8 Å². The van der Waals surface area contributed by atoms with Gasteiger partial charge in [0.1, 0.15) is 48.3 Å². The maximum absolute atomic E-state index is 14.6. The Morgan fingerprint density at radius 1 is 0.568 bits per heavy atom. The molecule has 16 fully saturated rings. The zero-order valence-electron chi connectivity index (χ0n) is 47.7. The molecular formula is C61H88O20. The van der Waals surface area contributed by atoms with Gasteiger partial charge in [-0.2, -0.15) is 0 Å². The lowest BCUT2D eigenvalue weighted by Crippen LogP contribution is -2.63. The van der Waals surface area contributed by atoms with Crippen LogP contribution in [0.2, 0.25) is 0 Å². The zero-order chi connectivity index (χ0) is 55.8. The molecular weight excluding hydrogens is 1050 g/mol. The Labute approximate surface area is 474 Å². The van der Waals surface area contributed by atoms with Gasteiger partial charge in [0.05, 0.1) is 123 Å². The van der Waals surface area contributed by atoms with Crippen LogP contribution in [0.4, 0.5) is 0 Å². The third-order valence-electron chi connectivity index (χ3n) is 22.5. The largest absolute Gasteiger partial charge is 0.459 e. The van der Waals surface area contributed by atoms with Gasteiger partial charge in [0.15, 0.2) is 17.4 Å². The fraction of sp³-hybridized carbons (Fsp3) is 0.918. The summed E-state index contributed by atoms with van der Waals surface area (Å²) in [6.45, 7) is 19.2. The van der Waals surface area contributed by atoms with Gasteiger partial charge in [-0.15, -0.1) is 0 Å². The zero-order valence-corrected chi connectivity index (χ0v) is 47.7. The molecule has 33 atom stereocenters. The van der Waals surface area contributed by atoms with Crippen molar-refractivity contribution >= 4 is 5.97 Å². The van der Waals surface area contributed by atoms with Gasteiger partial charge in [-0.3, -0.25) is 4.79 Å². The smallest absolute Gasteiger partial charge is 0.308 e. The highest BCUT2D eigenvalue weighted by molar-refractivity contribution is 5.70. The molecule has 0 amide bonds. The molecule has 16 heterocycles. The highest BCUT2D eigenvalue weighted by Crippen LogP contribution is 2.60. The fourth-order valence-electron chi connectivity index (χ4n) is 18.6. The predicted molar refractivity (Wildman–Crippen MR) is 280 cm³/mol. The van der Waals surface area contributed by atoms with Gasteiger partial charge >= 0.3 is 5.97 Å². The number of hydrogen-bond donors (Lipinski definition) is 4. The quantitative estimate of drug-likeness (QED) is 0.227. The molecule has 0 aliphatic carbocycles. The standard InChI is InChI=1S/C61H88O20/c1-26-14-33-8-10-37-27(2)15-35(67-37)12-13-61-57(66)58(7)56(81-61)55-54(78-58)53(80-61)52-38(71-55)11-9-34(69-52)17-47(65)74-51-31(6)50-43(70-42(51)18-39(68-33)30(26)5)20-41-45(73-50)23-60(75-41)24-46-49(79-60)29(4)22-59(77-46)21-28(3)48-44(76-59)19-40(72-48)36(64)16-32(63)25-62/h26,28-29,31-46,48-57,62-64,66H,2,5,8-25H2,1,3-4,6-7H3/t26-,28+,29+,31+,32-,33+,34-,35+,36+,37+,38+,39-,40+,41-,42+,43+,44+,45-,46+,48+,49+,50+,51-,52+,53+,54+,55-,56?,57-,58+,59-,60+,61-/m1/s1. The van der Waals surface area contributed by atoms with Crippen molar-refractivity contribution in [2.45, 2.75) is 319 Å². The monoisotopic (exact) mass is 1140 g/mol. The lowest BCUT2D eigenvalue weighted by atomic mass is 9.79. The van der Waals surface area contributed by atoms with Crippen LogP contribution in [0.1, 0.15) is 144 Å². The minimum absolute atomic E-state index is 0.0117. The number of aliphatic hydroxyl groups excluding tert-OH is 4. The van der Waals surface area contributed by atoms with E-state index in [-0.39, 0.29) is 116 Å². The number of fused-ring (bicyclic) bond motifs is 10. The Balaban J connectivity index is 0.660. The topological polar surface area (TPSA) is 236 Å². The molecule has 452 valence electrons. The Morgan fingerprint density at radius 3 is 2.10 bits per heavy atom. The average molecular weight is 1140 g/mol. The van der Waals surface area contributed by atoms with Crippen molar-refractivity contribution in [3.05, 3.63) is 24.3 Å². The van der Waals surface area contributed by atoms with Gasteiger partial charge in [0.25, 0.3) is 0 Å². The van der Waals surface area contributed by atoms with E-state index in [9.17, 15) is 25.2 Å². The summed E-state index contributed by atoms with van der Waals surface area (Å²) >= 11 is 0. The lowest BCUT2D eigenvalue weighted by Gasteiger charge is -2.50. The molecule has 0 aromatic heterocycles. The van der Waals surface area contributed by atoms with Crippen LogP contribution in [0.3, 0.4) is 0 Å². The summed E-state index contributed by atoms with van der Waals surface area (Å²) < 4.78 is 103. The molecule has 16 rings (SSSR count). The van der Waals surface area contributed by atoms with Crippen molar-refractivity contribution < 1.29 is 96.3 Å². The van der Waals surface area contributed by atoms with E-state index in [1.165, 1.54) is 0 Å².